The molecule has 2 atom stereocenters. The van der Waals surface area contributed by atoms with Gasteiger partial charge in [-0.25, -0.2) is 5.48 Å². The monoisotopic (exact) mass is 368 g/mol. The number of benzene rings is 2. The summed E-state index contributed by atoms with van der Waals surface area (Å²) in [4.78, 5) is 26.4. The molecule has 3 rings (SSSR count). The van der Waals surface area contributed by atoms with E-state index < -0.39 is 18.1 Å². The van der Waals surface area contributed by atoms with Crippen LogP contribution >= 0.6 is 0 Å². The molecule has 0 radical (unpaired) electrons. The van der Waals surface area contributed by atoms with E-state index in [0.29, 0.717) is 5.56 Å². The van der Waals surface area contributed by atoms with Crippen molar-refractivity contribution in [1.82, 2.24) is 10.4 Å². The smallest absolute Gasteiger partial charge is 0.268 e. The molecule has 6 heteroatoms. The number of likely N-dealkylation sites (tertiary alicyclic amines) is 1. The molecule has 1 saturated heterocycles. The summed E-state index contributed by atoms with van der Waals surface area (Å²) in [6.45, 7) is 2.38. The average Bonchev–Trinajstić information content (AvgIpc) is 3.09. The molecule has 2 amide bonds. The van der Waals surface area contributed by atoms with E-state index in [1.165, 1.54) is 10.5 Å². The van der Waals surface area contributed by atoms with E-state index in [2.05, 4.69) is 19.1 Å². The molecule has 0 aliphatic carbocycles. The first kappa shape index (κ1) is 19.1. The van der Waals surface area contributed by atoms with Crippen LogP contribution in [0.1, 0.15) is 35.7 Å². The maximum absolute atomic E-state index is 13.1. The summed E-state index contributed by atoms with van der Waals surface area (Å²) in [5.41, 5.74) is 4.94. The van der Waals surface area contributed by atoms with Crippen LogP contribution in [0.15, 0.2) is 48.5 Å². The Morgan fingerprint density at radius 2 is 1.85 bits per heavy atom. The Balaban J connectivity index is 1.93. The summed E-state index contributed by atoms with van der Waals surface area (Å²) in [5, 5.41) is 19.0. The zero-order valence-corrected chi connectivity index (χ0v) is 15.3. The van der Waals surface area contributed by atoms with Crippen LogP contribution in [-0.2, 0) is 11.2 Å². The largest absolute Gasteiger partial charge is 0.390 e. The van der Waals surface area contributed by atoms with E-state index in [4.69, 9.17) is 5.21 Å². The molecular weight excluding hydrogens is 344 g/mol. The summed E-state index contributed by atoms with van der Waals surface area (Å²) < 4.78 is 0. The number of aliphatic hydroxyl groups is 1. The number of amides is 2. The van der Waals surface area contributed by atoms with Crippen molar-refractivity contribution in [3.8, 4) is 11.1 Å². The lowest BCUT2D eigenvalue weighted by Gasteiger charge is -2.25. The predicted octanol–water partition coefficient (Wildman–Crippen LogP) is 2.39. The molecule has 2 aromatic carbocycles. The summed E-state index contributed by atoms with van der Waals surface area (Å²) >= 11 is 0. The van der Waals surface area contributed by atoms with Crippen LogP contribution in [0.25, 0.3) is 11.1 Å². The Labute approximate surface area is 158 Å². The van der Waals surface area contributed by atoms with Gasteiger partial charge in [-0.2, -0.15) is 0 Å². The zero-order valence-electron chi connectivity index (χ0n) is 15.3. The highest BCUT2D eigenvalue weighted by atomic mass is 16.5. The molecule has 0 spiro atoms. The lowest BCUT2D eigenvalue weighted by molar-refractivity contribution is -0.135. The zero-order chi connectivity index (χ0) is 19.4. The Hall–Kier alpha value is -2.70. The van der Waals surface area contributed by atoms with Crippen molar-refractivity contribution in [3.63, 3.8) is 0 Å². The fourth-order valence-electron chi connectivity index (χ4n) is 3.60. The summed E-state index contributed by atoms with van der Waals surface area (Å²) in [6, 6.07) is 14.2. The molecule has 2 aromatic rings. The van der Waals surface area contributed by atoms with Gasteiger partial charge in [0.05, 0.1) is 6.10 Å². The molecule has 1 fully saturated rings. The third kappa shape index (κ3) is 3.86. The highest BCUT2D eigenvalue weighted by Gasteiger charge is 2.41. The number of aliphatic hydroxyl groups excluding tert-OH is 1. The third-order valence-corrected chi connectivity index (χ3v) is 4.97. The number of hydrogen-bond acceptors (Lipinski definition) is 4. The normalized spacial score (nSPS) is 19.1. The molecule has 0 saturated carbocycles. The van der Waals surface area contributed by atoms with Gasteiger partial charge < -0.3 is 10.0 Å². The van der Waals surface area contributed by atoms with Gasteiger partial charge >= 0.3 is 0 Å². The van der Waals surface area contributed by atoms with Gasteiger partial charge in [-0.1, -0.05) is 55.8 Å². The number of nitrogens with one attached hydrogen (secondary N) is 1. The standard InChI is InChI=1S/C21H24N2O4/c1-2-5-14-8-10-15(11-9-14)16-6-3-4-7-17(16)21(26)23-13-12-18(24)19(23)20(25)22-27/h3-4,6-11,18-19,24,27H,2,5,12-13H2,1H3,(H,22,25)/t18-,19+/m1/s1. The number of hydroxylamine groups is 1. The van der Waals surface area contributed by atoms with Gasteiger partial charge in [0.1, 0.15) is 6.04 Å². The van der Waals surface area contributed by atoms with Crippen molar-refractivity contribution in [2.75, 3.05) is 6.54 Å². The van der Waals surface area contributed by atoms with Gasteiger partial charge in [0.2, 0.25) is 0 Å². The average molecular weight is 368 g/mol. The maximum Gasteiger partial charge on any atom is 0.268 e. The Morgan fingerprint density at radius 1 is 1.15 bits per heavy atom. The van der Waals surface area contributed by atoms with Crippen LogP contribution in [0.3, 0.4) is 0 Å². The molecule has 1 heterocycles. The van der Waals surface area contributed by atoms with E-state index in [0.717, 1.165) is 24.0 Å². The quantitative estimate of drug-likeness (QED) is 0.558. The Bertz CT molecular complexity index is 819. The van der Waals surface area contributed by atoms with Crippen molar-refractivity contribution in [3.05, 3.63) is 59.7 Å². The first-order chi connectivity index (χ1) is 13.1. The second-order valence-electron chi connectivity index (χ2n) is 6.77. The van der Waals surface area contributed by atoms with Gasteiger partial charge in [-0.05, 0) is 35.6 Å². The Morgan fingerprint density at radius 3 is 2.52 bits per heavy atom. The van der Waals surface area contributed by atoms with Crippen molar-refractivity contribution in [2.24, 2.45) is 0 Å². The molecule has 0 aromatic heterocycles. The molecule has 6 nitrogen and oxygen atoms in total. The van der Waals surface area contributed by atoms with E-state index in [1.807, 2.05) is 24.3 Å². The molecule has 0 unspecified atom stereocenters. The highest BCUT2D eigenvalue weighted by Crippen LogP contribution is 2.28. The topological polar surface area (TPSA) is 89.9 Å². The summed E-state index contributed by atoms with van der Waals surface area (Å²) in [6.07, 6.45) is 1.36. The van der Waals surface area contributed by atoms with Gasteiger partial charge in [0.25, 0.3) is 11.8 Å². The van der Waals surface area contributed by atoms with Gasteiger partial charge in [-0.15, -0.1) is 0 Å². The minimum atomic E-state index is -1.09. The van der Waals surface area contributed by atoms with Crippen LogP contribution in [0, 0.1) is 0 Å². The van der Waals surface area contributed by atoms with E-state index in [1.54, 1.807) is 17.6 Å². The maximum atomic E-state index is 13.1. The van der Waals surface area contributed by atoms with Crippen LogP contribution in [0.5, 0.6) is 0 Å². The molecule has 142 valence electrons. The second-order valence-corrected chi connectivity index (χ2v) is 6.77. The van der Waals surface area contributed by atoms with Gasteiger partial charge in [0, 0.05) is 12.1 Å². The number of rotatable bonds is 5. The number of nitrogens with zero attached hydrogens (tertiary/aromatic N) is 1. The first-order valence-electron chi connectivity index (χ1n) is 9.18. The molecule has 0 bridgehead atoms. The summed E-state index contributed by atoms with van der Waals surface area (Å²) in [5.74, 6) is -1.12. The van der Waals surface area contributed by atoms with Crippen LogP contribution in [-0.4, -0.2) is 45.7 Å². The van der Waals surface area contributed by atoms with Crippen LogP contribution in [0.2, 0.25) is 0 Å². The molecule has 1 aliphatic heterocycles. The lowest BCUT2D eigenvalue weighted by Crippen LogP contribution is -2.49. The van der Waals surface area contributed by atoms with Gasteiger partial charge in [0.15, 0.2) is 0 Å². The molecule has 27 heavy (non-hydrogen) atoms. The third-order valence-electron chi connectivity index (χ3n) is 4.97. The Kier molecular flexibility index (Phi) is 5.88. The fourth-order valence-corrected chi connectivity index (χ4v) is 3.60. The van der Waals surface area contributed by atoms with E-state index in [9.17, 15) is 14.7 Å². The SMILES string of the molecule is CCCc1ccc(-c2ccccc2C(=O)N2CC[C@@H](O)[C@H]2C(=O)NO)cc1. The molecule has 1 aliphatic rings. The highest BCUT2D eigenvalue weighted by molar-refractivity contribution is 6.03. The van der Waals surface area contributed by atoms with Crippen molar-refractivity contribution in [2.45, 2.75) is 38.3 Å². The molecular formula is C21H24N2O4. The second kappa shape index (κ2) is 8.33. The number of hydrogen-bond donors (Lipinski definition) is 3. The van der Waals surface area contributed by atoms with Gasteiger partial charge in [-0.3, -0.25) is 14.8 Å². The number of aryl methyl sites for hydroxylation is 1. The minimum Gasteiger partial charge on any atom is -0.390 e. The predicted molar refractivity (Wildman–Crippen MR) is 101 cm³/mol. The fraction of sp³-hybridized carbons (Fsp3) is 0.333. The van der Waals surface area contributed by atoms with Crippen LogP contribution in [0.4, 0.5) is 0 Å². The minimum absolute atomic E-state index is 0.252. The number of carbonyl (C=O) groups is 2. The van der Waals surface area contributed by atoms with Crippen molar-refractivity contribution < 1.29 is 19.9 Å². The van der Waals surface area contributed by atoms with Crippen molar-refractivity contribution >= 4 is 11.8 Å². The first-order valence-corrected chi connectivity index (χ1v) is 9.18. The molecule has 3 N–H and O–H groups in total. The van der Waals surface area contributed by atoms with E-state index in [-0.39, 0.29) is 18.9 Å². The van der Waals surface area contributed by atoms with Crippen molar-refractivity contribution in [1.29, 1.82) is 0 Å². The lowest BCUT2D eigenvalue weighted by atomic mass is 9.97. The number of carbonyl (C=O) groups excluding carboxylic acids is 2. The summed E-state index contributed by atoms with van der Waals surface area (Å²) in [7, 11) is 0. The van der Waals surface area contributed by atoms with Crippen LogP contribution < -0.4 is 5.48 Å². The van der Waals surface area contributed by atoms with E-state index >= 15 is 0 Å².